The minimum atomic E-state index is -0.265. The van der Waals surface area contributed by atoms with Crippen molar-refractivity contribution < 1.29 is 0 Å². The van der Waals surface area contributed by atoms with Gasteiger partial charge in [-0.2, -0.15) is 0 Å². The van der Waals surface area contributed by atoms with Crippen LogP contribution in [0.25, 0.3) is 33.4 Å². The van der Waals surface area contributed by atoms with E-state index in [-0.39, 0.29) is 21.7 Å². The maximum Gasteiger partial charge on any atom is 0.186 e. The number of rotatable bonds is 4. The quantitative estimate of drug-likeness (QED) is 0.236. The summed E-state index contributed by atoms with van der Waals surface area (Å²) >= 11 is 8.66. The van der Waals surface area contributed by atoms with Gasteiger partial charge in [0.25, 0.3) is 0 Å². The van der Waals surface area contributed by atoms with E-state index in [0.29, 0.717) is 21.7 Å². The molecular formula is C35H35ClO2S. The molecule has 0 aliphatic rings. The lowest BCUT2D eigenvalue weighted by atomic mass is 9.83. The van der Waals surface area contributed by atoms with Crippen LogP contribution < -0.4 is 10.9 Å². The van der Waals surface area contributed by atoms with E-state index in [1.54, 1.807) is 36.0 Å². The van der Waals surface area contributed by atoms with E-state index in [0.717, 1.165) is 27.1 Å². The summed E-state index contributed by atoms with van der Waals surface area (Å²) < 4.78 is 0. The van der Waals surface area contributed by atoms with Crippen molar-refractivity contribution in [3.63, 3.8) is 0 Å². The topological polar surface area (TPSA) is 34.1 Å². The summed E-state index contributed by atoms with van der Waals surface area (Å²) in [5, 5.41) is 0.571. The van der Waals surface area contributed by atoms with E-state index in [1.165, 1.54) is 5.56 Å². The molecule has 4 heteroatoms. The molecule has 0 heterocycles. The molecule has 0 saturated heterocycles. The molecule has 0 aromatic heterocycles. The van der Waals surface area contributed by atoms with Crippen LogP contribution >= 0.6 is 23.4 Å². The molecule has 0 radical (unpaired) electrons. The fourth-order valence-corrected chi connectivity index (χ4v) is 6.33. The lowest BCUT2D eigenvalue weighted by Crippen LogP contribution is -2.13. The molecule has 2 nitrogen and oxygen atoms in total. The standard InChI is InChI=1S/C35H35ClO2S/c1-34(2,3)28-16-12-15-25(33(28)39-7)26-19-22(13-11-18-31(26)38)23-20-27(24-14-9-8-10-17-30(24)37)32(36)29(21-23)35(4,5)6/h8-21H,1-7H3. The van der Waals surface area contributed by atoms with Crippen LogP contribution in [0.2, 0.25) is 5.02 Å². The van der Waals surface area contributed by atoms with Gasteiger partial charge in [-0.25, -0.2) is 0 Å². The van der Waals surface area contributed by atoms with E-state index < -0.39 is 0 Å². The zero-order valence-electron chi connectivity index (χ0n) is 23.7. The van der Waals surface area contributed by atoms with E-state index in [9.17, 15) is 9.59 Å². The summed E-state index contributed by atoms with van der Waals surface area (Å²) in [5.41, 5.74) is 6.30. The van der Waals surface area contributed by atoms with Crippen LogP contribution in [0.4, 0.5) is 0 Å². The second kappa shape index (κ2) is 11.2. The number of thioether (sulfide) groups is 1. The third-order valence-corrected chi connectivity index (χ3v) is 8.16. The number of benzene rings is 2. The second-order valence-electron chi connectivity index (χ2n) is 11.9. The Kier molecular flexibility index (Phi) is 8.25. The van der Waals surface area contributed by atoms with Gasteiger partial charge in [-0.3, -0.25) is 9.59 Å². The van der Waals surface area contributed by atoms with Gasteiger partial charge in [0.1, 0.15) is 0 Å². The van der Waals surface area contributed by atoms with Crippen molar-refractivity contribution in [2.24, 2.45) is 0 Å². The van der Waals surface area contributed by atoms with E-state index in [4.69, 9.17) is 11.6 Å². The molecule has 0 aliphatic carbocycles. The zero-order valence-corrected chi connectivity index (χ0v) is 25.3. The van der Waals surface area contributed by atoms with Crippen molar-refractivity contribution in [3.8, 4) is 33.4 Å². The highest BCUT2D eigenvalue weighted by Crippen LogP contribution is 2.41. The number of halogens is 1. The van der Waals surface area contributed by atoms with Gasteiger partial charge in [0.15, 0.2) is 10.9 Å². The Morgan fingerprint density at radius 3 is 1.79 bits per heavy atom. The Balaban J connectivity index is 2.05. The second-order valence-corrected chi connectivity index (χ2v) is 13.1. The molecule has 0 aliphatic heterocycles. The molecule has 4 rings (SSSR count). The molecule has 0 atom stereocenters. The van der Waals surface area contributed by atoms with Crippen molar-refractivity contribution in [1.29, 1.82) is 0 Å². The maximum absolute atomic E-state index is 13.4. The molecule has 0 N–H and O–H groups in total. The molecule has 0 spiro atoms. The Labute approximate surface area is 241 Å². The van der Waals surface area contributed by atoms with Crippen LogP contribution in [0, 0.1) is 0 Å². The summed E-state index contributed by atoms with van der Waals surface area (Å²) in [6, 6.07) is 26.4. The third-order valence-electron chi connectivity index (χ3n) is 6.91. The van der Waals surface area contributed by atoms with Crippen LogP contribution in [0.3, 0.4) is 0 Å². The van der Waals surface area contributed by atoms with Gasteiger partial charge in [-0.15, -0.1) is 11.8 Å². The highest BCUT2D eigenvalue weighted by Gasteiger charge is 2.24. The van der Waals surface area contributed by atoms with Gasteiger partial charge < -0.3 is 0 Å². The molecule has 4 aromatic rings. The Morgan fingerprint density at radius 2 is 1.13 bits per heavy atom. The Bertz CT molecular complexity index is 1660. The molecule has 0 saturated carbocycles. The van der Waals surface area contributed by atoms with Gasteiger partial charge in [0.2, 0.25) is 0 Å². The molecule has 200 valence electrons. The predicted octanol–water partition coefficient (Wildman–Crippen LogP) is 9.38. The molecular weight excluding hydrogens is 520 g/mol. The number of hydrogen-bond donors (Lipinski definition) is 0. The molecule has 39 heavy (non-hydrogen) atoms. The first kappa shape index (κ1) is 28.9. The van der Waals surface area contributed by atoms with Crippen LogP contribution in [-0.4, -0.2) is 6.26 Å². The van der Waals surface area contributed by atoms with Gasteiger partial charge in [0, 0.05) is 21.6 Å². The maximum atomic E-state index is 13.4. The zero-order chi connectivity index (χ0) is 28.5. The highest BCUT2D eigenvalue weighted by atomic mass is 35.5. The van der Waals surface area contributed by atoms with Crippen molar-refractivity contribution in [2.75, 3.05) is 6.26 Å². The molecule has 0 amide bonds. The summed E-state index contributed by atoms with van der Waals surface area (Å²) in [6.45, 7) is 12.9. The third kappa shape index (κ3) is 6.05. The largest absolute Gasteiger partial charge is 0.289 e. The average molecular weight is 555 g/mol. The first-order chi connectivity index (χ1) is 18.3. The Morgan fingerprint density at radius 1 is 0.564 bits per heavy atom. The molecule has 0 unspecified atom stereocenters. The van der Waals surface area contributed by atoms with Crippen molar-refractivity contribution in [1.82, 2.24) is 0 Å². The van der Waals surface area contributed by atoms with Crippen LogP contribution in [-0.2, 0) is 10.8 Å². The first-order valence-corrected chi connectivity index (χ1v) is 14.7. The first-order valence-electron chi connectivity index (χ1n) is 13.1. The van der Waals surface area contributed by atoms with Crippen molar-refractivity contribution >= 4 is 23.4 Å². The van der Waals surface area contributed by atoms with Gasteiger partial charge >= 0.3 is 0 Å². The average Bonchev–Trinajstić information content (AvgIpc) is 3.20. The van der Waals surface area contributed by atoms with E-state index in [2.05, 4.69) is 59.9 Å². The lowest BCUT2D eigenvalue weighted by molar-refractivity contribution is 0.578. The smallest absolute Gasteiger partial charge is 0.186 e. The fourth-order valence-electron chi connectivity index (χ4n) is 4.84. The highest BCUT2D eigenvalue weighted by molar-refractivity contribution is 7.98. The predicted molar refractivity (Wildman–Crippen MR) is 169 cm³/mol. The van der Waals surface area contributed by atoms with Crippen LogP contribution in [0.5, 0.6) is 0 Å². The Hall–Kier alpha value is -3.14. The monoisotopic (exact) mass is 554 g/mol. The summed E-state index contributed by atoms with van der Waals surface area (Å²) in [7, 11) is 0. The fraction of sp³-hybridized carbons (Fsp3) is 0.257. The minimum Gasteiger partial charge on any atom is -0.289 e. The minimum absolute atomic E-state index is 0.0373. The summed E-state index contributed by atoms with van der Waals surface area (Å²) in [6.07, 6.45) is 2.06. The number of hydrogen-bond acceptors (Lipinski definition) is 3. The van der Waals surface area contributed by atoms with Gasteiger partial charge in [0.05, 0.1) is 5.02 Å². The van der Waals surface area contributed by atoms with Gasteiger partial charge in [-0.1, -0.05) is 108 Å². The summed E-state index contributed by atoms with van der Waals surface area (Å²) in [4.78, 5) is 27.5. The van der Waals surface area contributed by atoms with Crippen molar-refractivity contribution in [2.45, 2.75) is 57.3 Å². The lowest BCUT2D eigenvalue weighted by Gasteiger charge is -2.24. The van der Waals surface area contributed by atoms with Crippen LogP contribution in [0.15, 0.2) is 99.4 Å². The molecule has 0 fully saturated rings. The van der Waals surface area contributed by atoms with E-state index >= 15 is 0 Å². The van der Waals surface area contributed by atoms with Crippen molar-refractivity contribution in [3.05, 3.63) is 122 Å². The molecule has 4 aromatic carbocycles. The normalized spacial score (nSPS) is 11.9. The summed E-state index contributed by atoms with van der Waals surface area (Å²) in [5.74, 6) is 0. The SMILES string of the molecule is CSc1c(-c2cc(-c3cc(-c4cccccc4=O)c(Cl)c(C(C)(C)C)c3)cccc2=O)cccc1C(C)(C)C. The molecule has 0 bridgehead atoms. The van der Waals surface area contributed by atoms with Crippen LogP contribution in [0.1, 0.15) is 52.7 Å². The van der Waals surface area contributed by atoms with E-state index in [1.807, 2.05) is 48.5 Å². The van der Waals surface area contributed by atoms with Gasteiger partial charge in [-0.05, 0) is 75.2 Å².